The van der Waals surface area contributed by atoms with Gasteiger partial charge in [0, 0.05) is 26.0 Å². The molecule has 1 amide bonds. The van der Waals surface area contributed by atoms with Crippen molar-refractivity contribution in [1.29, 1.82) is 0 Å². The average molecular weight is 258 g/mol. The Labute approximate surface area is 113 Å². The molecule has 0 atom stereocenters. The standard InChI is InChI=1S/C15H18N2O2/c1-17-8-7-13(11-17)9-15(18)16-10-12-3-5-14(19-2)6-4-12/h3-8,11H,9-10H2,1-2H3,(H,16,18). The monoisotopic (exact) mass is 258 g/mol. The lowest BCUT2D eigenvalue weighted by Crippen LogP contribution is -2.24. The van der Waals surface area contributed by atoms with Gasteiger partial charge in [0.2, 0.25) is 5.91 Å². The second-order valence-electron chi connectivity index (χ2n) is 4.49. The summed E-state index contributed by atoms with van der Waals surface area (Å²) in [5.74, 6) is 0.849. The molecule has 1 aromatic carbocycles. The van der Waals surface area contributed by atoms with Gasteiger partial charge in [0.1, 0.15) is 5.75 Å². The summed E-state index contributed by atoms with van der Waals surface area (Å²) >= 11 is 0. The van der Waals surface area contributed by atoms with Crippen molar-refractivity contribution in [3.05, 3.63) is 53.9 Å². The third-order valence-corrected chi connectivity index (χ3v) is 2.91. The highest BCUT2D eigenvalue weighted by Crippen LogP contribution is 2.11. The number of benzene rings is 1. The van der Waals surface area contributed by atoms with Gasteiger partial charge in [0.25, 0.3) is 0 Å². The minimum absolute atomic E-state index is 0.0296. The number of nitrogens with one attached hydrogen (secondary N) is 1. The molecule has 0 aliphatic heterocycles. The van der Waals surface area contributed by atoms with Gasteiger partial charge in [-0.3, -0.25) is 4.79 Å². The Hall–Kier alpha value is -2.23. The first kappa shape index (κ1) is 13.2. The number of amides is 1. The lowest BCUT2D eigenvalue weighted by molar-refractivity contribution is -0.120. The van der Waals surface area contributed by atoms with Crippen molar-refractivity contribution in [2.75, 3.05) is 7.11 Å². The van der Waals surface area contributed by atoms with Gasteiger partial charge in [0.15, 0.2) is 0 Å². The van der Waals surface area contributed by atoms with E-state index in [1.807, 2.05) is 54.3 Å². The SMILES string of the molecule is COc1ccc(CNC(=O)Cc2ccn(C)c2)cc1. The summed E-state index contributed by atoms with van der Waals surface area (Å²) in [5.41, 5.74) is 2.08. The predicted octanol–water partition coefficient (Wildman–Crippen LogP) is 1.89. The van der Waals surface area contributed by atoms with Crippen LogP contribution in [0.5, 0.6) is 5.75 Å². The van der Waals surface area contributed by atoms with Crippen LogP contribution < -0.4 is 10.1 Å². The molecule has 1 aromatic heterocycles. The fourth-order valence-electron chi connectivity index (χ4n) is 1.86. The lowest BCUT2D eigenvalue weighted by Gasteiger charge is -2.05. The number of aryl methyl sites for hydroxylation is 1. The molecule has 4 heteroatoms. The molecule has 0 unspecified atom stereocenters. The Morgan fingerprint density at radius 1 is 1.21 bits per heavy atom. The number of nitrogens with zero attached hydrogens (tertiary/aromatic N) is 1. The van der Waals surface area contributed by atoms with E-state index >= 15 is 0 Å². The number of ether oxygens (including phenoxy) is 1. The molecule has 0 saturated heterocycles. The zero-order valence-electron chi connectivity index (χ0n) is 11.2. The number of aromatic nitrogens is 1. The van der Waals surface area contributed by atoms with Crippen molar-refractivity contribution in [2.45, 2.75) is 13.0 Å². The fourth-order valence-corrected chi connectivity index (χ4v) is 1.86. The number of carbonyl (C=O) groups excluding carboxylic acids is 1. The molecule has 4 nitrogen and oxygen atoms in total. The molecule has 0 aliphatic rings. The molecule has 1 N–H and O–H groups in total. The van der Waals surface area contributed by atoms with Crippen LogP contribution in [-0.2, 0) is 24.8 Å². The molecule has 0 aliphatic carbocycles. The Balaban J connectivity index is 1.82. The Bertz CT molecular complexity index is 544. The van der Waals surface area contributed by atoms with E-state index in [0.717, 1.165) is 16.9 Å². The third kappa shape index (κ3) is 3.88. The van der Waals surface area contributed by atoms with E-state index in [2.05, 4.69) is 5.32 Å². The van der Waals surface area contributed by atoms with Gasteiger partial charge in [-0.05, 0) is 29.3 Å². The summed E-state index contributed by atoms with van der Waals surface area (Å²) in [6.07, 6.45) is 4.30. The second kappa shape index (κ2) is 6.09. The van der Waals surface area contributed by atoms with Crippen molar-refractivity contribution < 1.29 is 9.53 Å². The summed E-state index contributed by atoms with van der Waals surface area (Å²) in [5, 5.41) is 2.91. The molecule has 0 fully saturated rings. The smallest absolute Gasteiger partial charge is 0.224 e. The Morgan fingerprint density at radius 3 is 2.53 bits per heavy atom. The summed E-state index contributed by atoms with van der Waals surface area (Å²) in [4.78, 5) is 11.8. The number of rotatable bonds is 5. The number of hydrogen-bond acceptors (Lipinski definition) is 2. The summed E-state index contributed by atoms with van der Waals surface area (Å²) in [6.45, 7) is 0.537. The van der Waals surface area contributed by atoms with E-state index < -0.39 is 0 Å². The number of methoxy groups -OCH3 is 1. The van der Waals surface area contributed by atoms with Crippen LogP contribution in [0.1, 0.15) is 11.1 Å². The zero-order valence-corrected chi connectivity index (χ0v) is 11.2. The van der Waals surface area contributed by atoms with E-state index in [0.29, 0.717) is 13.0 Å². The van der Waals surface area contributed by atoms with Gasteiger partial charge in [-0.25, -0.2) is 0 Å². The van der Waals surface area contributed by atoms with E-state index in [1.165, 1.54) is 0 Å². The Kier molecular flexibility index (Phi) is 4.23. The zero-order chi connectivity index (χ0) is 13.7. The molecule has 19 heavy (non-hydrogen) atoms. The molecular weight excluding hydrogens is 240 g/mol. The normalized spacial score (nSPS) is 10.2. The van der Waals surface area contributed by atoms with E-state index in [9.17, 15) is 4.79 Å². The van der Waals surface area contributed by atoms with Crippen molar-refractivity contribution in [2.24, 2.45) is 7.05 Å². The maximum atomic E-state index is 11.8. The van der Waals surface area contributed by atoms with Crippen LogP contribution in [0, 0.1) is 0 Å². The van der Waals surface area contributed by atoms with Crippen molar-refractivity contribution in [3.8, 4) is 5.75 Å². The second-order valence-corrected chi connectivity index (χ2v) is 4.49. The highest BCUT2D eigenvalue weighted by molar-refractivity contribution is 5.78. The topological polar surface area (TPSA) is 43.3 Å². The number of hydrogen-bond donors (Lipinski definition) is 1. The molecular formula is C15H18N2O2. The van der Waals surface area contributed by atoms with Gasteiger partial charge in [-0.15, -0.1) is 0 Å². The van der Waals surface area contributed by atoms with Gasteiger partial charge < -0.3 is 14.6 Å². The van der Waals surface area contributed by atoms with Gasteiger partial charge in [-0.2, -0.15) is 0 Å². The average Bonchev–Trinajstić information content (AvgIpc) is 2.82. The molecule has 0 bridgehead atoms. The van der Waals surface area contributed by atoms with Gasteiger partial charge >= 0.3 is 0 Å². The van der Waals surface area contributed by atoms with Crippen LogP contribution in [0.2, 0.25) is 0 Å². The van der Waals surface area contributed by atoms with E-state index in [1.54, 1.807) is 7.11 Å². The molecule has 0 spiro atoms. The molecule has 0 radical (unpaired) electrons. The number of carbonyl (C=O) groups is 1. The third-order valence-electron chi connectivity index (χ3n) is 2.91. The largest absolute Gasteiger partial charge is 0.497 e. The first-order valence-corrected chi connectivity index (χ1v) is 6.18. The molecule has 1 heterocycles. The van der Waals surface area contributed by atoms with E-state index in [4.69, 9.17) is 4.74 Å². The molecule has 0 saturated carbocycles. The molecule has 2 aromatic rings. The Morgan fingerprint density at radius 2 is 1.95 bits per heavy atom. The summed E-state index contributed by atoms with van der Waals surface area (Å²) < 4.78 is 7.02. The minimum atomic E-state index is 0.0296. The predicted molar refractivity (Wildman–Crippen MR) is 74.0 cm³/mol. The van der Waals surface area contributed by atoms with Crippen molar-refractivity contribution in [1.82, 2.24) is 9.88 Å². The fraction of sp³-hybridized carbons (Fsp3) is 0.267. The quantitative estimate of drug-likeness (QED) is 0.890. The maximum absolute atomic E-state index is 11.8. The van der Waals surface area contributed by atoms with Crippen LogP contribution >= 0.6 is 0 Å². The van der Waals surface area contributed by atoms with Crippen LogP contribution in [0.3, 0.4) is 0 Å². The van der Waals surface area contributed by atoms with Crippen molar-refractivity contribution in [3.63, 3.8) is 0 Å². The summed E-state index contributed by atoms with van der Waals surface area (Å²) in [6, 6.07) is 9.62. The van der Waals surface area contributed by atoms with Gasteiger partial charge in [-0.1, -0.05) is 12.1 Å². The first-order chi connectivity index (χ1) is 9.17. The molecule has 100 valence electrons. The van der Waals surface area contributed by atoms with Crippen LogP contribution in [0.4, 0.5) is 0 Å². The van der Waals surface area contributed by atoms with Crippen molar-refractivity contribution >= 4 is 5.91 Å². The van der Waals surface area contributed by atoms with Gasteiger partial charge in [0.05, 0.1) is 13.5 Å². The maximum Gasteiger partial charge on any atom is 0.224 e. The first-order valence-electron chi connectivity index (χ1n) is 6.18. The highest BCUT2D eigenvalue weighted by Gasteiger charge is 2.04. The van der Waals surface area contributed by atoms with E-state index in [-0.39, 0.29) is 5.91 Å². The lowest BCUT2D eigenvalue weighted by atomic mass is 10.2. The highest BCUT2D eigenvalue weighted by atomic mass is 16.5. The molecule has 2 rings (SSSR count). The van der Waals surface area contributed by atoms with Crippen LogP contribution in [-0.4, -0.2) is 17.6 Å². The van der Waals surface area contributed by atoms with Crippen LogP contribution in [0.25, 0.3) is 0 Å². The summed E-state index contributed by atoms with van der Waals surface area (Å²) in [7, 11) is 3.58. The minimum Gasteiger partial charge on any atom is -0.497 e. The van der Waals surface area contributed by atoms with Crippen LogP contribution in [0.15, 0.2) is 42.7 Å².